The van der Waals surface area contributed by atoms with Gasteiger partial charge in [0, 0.05) is 17.6 Å². The van der Waals surface area contributed by atoms with Gasteiger partial charge in [-0.05, 0) is 30.0 Å². The van der Waals surface area contributed by atoms with Gasteiger partial charge in [0.25, 0.3) is 0 Å². The van der Waals surface area contributed by atoms with Crippen LogP contribution in [0.5, 0.6) is 0 Å². The normalized spacial score (nSPS) is 22.3. The van der Waals surface area contributed by atoms with Gasteiger partial charge in [0.15, 0.2) is 0 Å². The van der Waals surface area contributed by atoms with E-state index in [0.717, 1.165) is 37.2 Å². The zero-order valence-corrected chi connectivity index (χ0v) is 10.3. The molecular formula is C12H16BrNO. The Morgan fingerprint density at radius 1 is 1.47 bits per heavy atom. The molecule has 3 heteroatoms. The molecule has 1 heterocycles. The standard InChI is InChI=1S/C12H16BrNO/c13-12-3-1-2-10(7-12)6-11-8-14-4-5-15-9-11/h1-3,7,11,14H,4-6,8-9H2. The van der Waals surface area contributed by atoms with E-state index in [1.54, 1.807) is 0 Å². The molecule has 1 N–H and O–H groups in total. The summed E-state index contributed by atoms with van der Waals surface area (Å²) in [5.41, 5.74) is 1.38. The summed E-state index contributed by atoms with van der Waals surface area (Å²) in [5.74, 6) is 0.599. The van der Waals surface area contributed by atoms with Gasteiger partial charge in [-0.1, -0.05) is 28.1 Å². The third-order valence-electron chi connectivity index (χ3n) is 2.62. The highest BCUT2D eigenvalue weighted by molar-refractivity contribution is 9.10. The van der Waals surface area contributed by atoms with Crippen molar-refractivity contribution in [3.05, 3.63) is 34.3 Å². The molecule has 15 heavy (non-hydrogen) atoms. The maximum atomic E-state index is 5.54. The molecule has 1 atom stereocenters. The second-order valence-electron chi connectivity index (χ2n) is 3.98. The Bertz CT molecular complexity index is 308. The van der Waals surface area contributed by atoms with Crippen LogP contribution in [0, 0.1) is 5.92 Å². The number of ether oxygens (including phenoxy) is 1. The molecule has 1 aromatic rings. The number of nitrogens with one attached hydrogen (secondary N) is 1. The average molecular weight is 270 g/mol. The molecule has 0 bridgehead atoms. The molecule has 0 spiro atoms. The van der Waals surface area contributed by atoms with Gasteiger partial charge in [0.2, 0.25) is 0 Å². The van der Waals surface area contributed by atoms with E-state index in [2.05, 4.69) is 45.5 Å². The van der Waals surface area contributed by atoms with Crippen molar-refractivity contribution < 1.29 is 4.74 Å². The van der Waals surface area contributed by atoms with Crippen LogP contribution in [-0.2, 0) is 11.2 Å². The average Bonchev–Trinajstić information content (AvgIpc) is 2.46. The lowest BCUT2D eigenvalue weighted by Crippen LogP contribution is -2.24. The Morgan fingerprint density at radius 2 is 2.40 bits per heavy atom. The molecule has 0 radical (unpaired) electrons. The molecule has 0 aliphatic carbocycles. The van der Waals surface area contributed by atoms with E-state index in [9.17, 15) is 0 Å². The molecule has 1 aliphatic rings. The van der Waals surface area contributed by atoms with Gasteiger partial charge in [-0.2, -0.15) is 0 Å². The van der Waals surface area contributed by atoms with Crippen molar-refractivity contribution in [2.45, 2.75) is 6.42 Å². The molecule has 1 fully saturated rings. The Balaban J connectivity index is 1.95. The topological polar surface area (TPSA) is 21.3 Å². The van der Waals surface area contributed by atoms with Crippen molar-refractivity contribution in [3.63, 3.8) is 0 Å². The van der Waals surface area contributed by atoms with Crippen LogP contribution in [0.2, 0.25) is 0 Å². The maximum absolute atomic E-state index is 5.54. The van der Waals surface area contributed by atoms with E-state index in [0.29, 0.717) is 5.92 Å². The largest absolute Gasteiger partial charge is 0.380 e. The van der Waals surface area contributed by atoms with E-state index < -0.39 is 0 Å². The van der Waals surface area contributed by atoms with Gasteiger partial charge >= 0.3 is 0 Å². The van der Waals surface area contributed by atoms with E-state index >= 15 is 0 Å². The monoisotopic (exact) mass is 269 g/mol. The fourth-order valence-corrected chi connectivity index (χ4v) is 2.33. The third-order valence-corrected chi connectivity index (χ3v) is 3.12. The van der Waals surface area contributed by atoms with Gasteiger partial charge in [0.05, 0.1) is 13.2 Å². The van der Waals surface area contributed by atoms with Crippen molar-refractivity contribution in [2.24, 2.45) is 5.92 Å². The highest BCUT2D eigenvalue weighted by atomic mass is 79.9. The SMILES string of the molecule is Brc1cccc(CC2CNCCOC2)c1. The first-order valence-electron chi connectivity index (χ1n) is 5.37. The Labute approximate surface area is 99.1 Å². The van der Waals surface area contributed by atoms with Crippen molar-refractivity contribution in [3.8, 4) is 0 Å². The summed E-state index contributed by atoms with van der Waals surface area (Å²) in [7, 11) is 0. The second kappa shape index (κ2) is 5.64. The summed E-state index contributed by atoms with van der Waals surface area (Å²) in [6, 6.07) is 8.51. The van der Waals surface area contributed by atoms with Gasteiger partial charge in [-0.3, -0.25) is 0 Å². The molecule has 1 saturated heterocycles. The van der Waals surface area contributed by atoms with Gasteiger partial charge in [-0.25, -0.2) is 0 Å². The van der Waals surface area contributed by atoms with Crippen LogP contribution in [0.25, 0.3) is 0 Å². The molecule has 0 aromatic heterocycles. The fourth-order valence-electron chi connectivity index (χ4n) is 1.89. The Kier molecular flexibility index (Phi) is 4.18. The van der Waals surface area contributed by atoms with Gasteiger partial charge in [-0.15, -0.1) is 0 Å². The van der Waals surface area contributed by atoms with Crippen LogP contribution < -0.4 is 5.32 Å². The van der Waals surface area contributed by atoms with E-state index in [1.807, 2.05) is 0 Å². The number of hydrogen-bond donors (Lipinski definition) is 1. The summed E-state index contributed by atoms with van der Waals surface area (Å²) in [4.78, 5) is 0. The summed E-state index contributed by atoms with van der Waals surface area (Å²) < 4.78 is 6.69. The number of rotatable bonds is 2. The van der Waals surface area contributed by atoms with Crippen molar-refractivity contribution in [2.75, 3.05) is 26.3 Å². The van der Waals surface area contributed by atoms with Crippen LogP contribution in [-0.4, -0.2) is 26.3 Å². The minimum absolute atomic E-state index is 0.599. The molecule has 82 valence electrons. The highest BCUT2D eigenvalue weighted by Crippen LogP contribution is 2.15. The highest BCUT2D eigenvalue weighted by Gasteiger charge is 2.12. The molecule has 0 saturated carbocycles. The smallest absolute Gasteiger partial charge is 0.0591 e. The molecule has 1 aromatic carbocycles. The lowest BCUT2D eigenvalue weighted by Gasteiger charge is -2.13. The third kappa shape index (κ3) is 3.59. The number of halogens is 1. The summed E-state index contributed by atoms with van der Waals surface area (Å²) in [6.45, 7) is 3.76. The van der Waals surface area contributed by atoms with Crippen LogP contribution in [0.1, 0.15) is 5.56 Å². The first kappa shape index (κ1) is 11.1. The second-order valence-corrected chi connectivity index (χ2v) is 4.89. The summed E-state index contributed by atoms with van der Waals surface area (Å²) in [5, 5.41) is 3.40. The molecule has 1 unspecified atom stereocenters. The minimum Gasteiger partial charge on any atom is -0.380 e. The van der Waals surface area contributed by atoms with Gasteiger partial charge in [0.1, 0.15) is 0 Å². The Hall–Kier alpha value is -0.380. The first-order chi connectivity index (χ1) is 7.34. The minimum atomic E-state index is 0.599. The van der Waals surface area contributed by atoms with Crippen molar-refractivity contribution in [1.82, 2.24) is 5.32 Å². The predicted octanol–water partition coefficient (Wildman–Crippen LogP) is 2.23. The maximum Gasteiger partial charge on any atom is 0.0591 e. The fraction of sp³-hybridized carbons (Fsp3) is 0.500. The van der Waals surface area contributed by atoms with E-state index in [4.69, 9.17) is 4.74 Å². The van der Waals surface area contributed by atoms with E-state index in [1.165, 1.54) is 5.56 Å². The quantitative estimate of drug-likeness (QED) is 0.889. The Morgan fingerprint density at radius 3 is 3.27 bits per heavy atom. The summed E-state index contributed by atoms with van der Waals surface area (Å²) >= 11 is 3.50. The van der Waals surface area contributed by atoms with Gasteiger partial charge < -0.3 is 10.1 Å². The summed E-state index contributed by atoms with van der Waals surface area (Å²) in [6.07, 6.45) is 1.09. The number of benzene rings is 1. The van der Waals surface area contributed by atoms with Crippen LogP contribution >= 0.6 is 15.9 Å². The molecule has 2 rings (SSSR count). The number of hydrogen-bond acceptors (Lipinski definition) is 2. The van der Waals surface area contributed by atoms with E-state index in [-0.39, 0.29) is 0 Å². The van der Waals surface area contributed by atoms with Crippen LogP contribution in [0.4, 0.5) is 0 Å². The molecule has 1 aliphatic heterocycles. The van der Waals surface area contributed by atoms with Crippen molar-refractivity contribution >= 4 is 15.9 Å². The van der Waals surface area contributed by atoms with Crippen LogP contribution in [0.3, 0.4) is 0 Å². The lowest BCUT2D eigenvalue weighted by molar-refractivity contribution is 0.123. The first-order valence-corrected chi connectivity index (χ1v) is 6.17. The van der Waals surface area contributed by atoms with Crippen LogP contribution in [0.15, 0.2) is 28.7 Å². The zero-order chi connectivity index (χ0) is 10.5. The zero-order valence-electron chi connectivity index (χ0n) is 8.71. The van der Waals surface area contributed by atoms with Crippen molar-refractivity contribution in [1.29, 1.82) is 0 Å². The predicted molar refractivity (Wildman–Crippen MR) is 65.0 cm³/mol. The molecular weight excluding hydrogens is 254 g/mol. The molecule has 0 amide bonds. The lowest BCUT2D eigenvalue weighted by atomic mass is 10.0. The molecule has 2 nitrogen and oxygen atoms in total.